The SMILES string of the molecule is C=C(C)[C@@H]1CC[C@]2(C(=O)O)CC[C@]3(C)[C@H](CC[C@@H]4[C@@]5(C)CC=C(c6ccc(C#N)cc6)C(C)(C)[C@@H]5CC[C@]43C)[C@@H]12. The maximum atomic E-state index is 12.9. The van der Waals surface area contributed by atoms with Crippen molar-refractivity contribution in [1.82, 2.24) is 0 Å². The van der Waals surface area contributed by atoms with Gasteiger partial charge in [-0.25, -0.2) is 0 Å². The highest BCUT2D eigenvalue weighted by Crippen LogP contribution is 2.77. The number of nitriles is 1. The normalized spacial score (nSPS) is 45.1. The van der Waals surface area contributed by atoms with Crippen LogP contribution in [-0.2, 0) is 4.79 Å². The molecular weight excluding hydrogens is 490 g/mol. The molecule has 0 aliphatic heterocycles. The molecule has 0 heterocycles. The van der Waals surface area contributed by atoms with Gasteiger partial charge in [-0.1, -0.05) is 65.0 Å². The molecular formula is C37H49NO2. The fourth-order valence-corrected chi connectivity index (χ4v) is 12.3. The van der Waals surface area contributed by atoms with Crippen molar-refractivity contribution in [1.29, 1.82) is 5.26 Å². The minimum absolute atomic E-state index is 0.0573. The summed E-state index contributed by atoms with van der Waals surface area (Å²) < 4.78 is 0. The van der Waals surface area contributed by atoms with Gasteiger partial charge in [0.2, 0.25) is 0 Å². The second-order valence-corrected chi connectivity index (χ2v) is 15.9. The Morgan fingerprint density at radius 3 is 2.25 bits per heavy atom. The van der Waals surface area contributed by atoms with Gasteiger partial charge in [0.1, 0.15) is 0 Å². The largest absolute Gasteiger partial charge is 0.481 e. The first kappa shape index (κ1) is 27.8. The lowest BCUT2D eigenvalue weighted by Crippen LogP contribution is -2.65. The van der Waals surface area contributed by atoms with E-state index in [0.717, 1.165) is 44.1 Å². The average molecular weight is 540 g/mol. The number of benzene rings is 1. The van der Waals surface area contributed by atoms with Crippen LogP contribution in [0.25, 0.3) is 5.57 Å². The minimum Gasteiger partial charge on any atom is -0.481 e. The van der Waals surface area contributed by atoms with E-state index in [1.807, 2.05) is 12.1 Å². The number of nitrogens with zero attached hydrogens (tertiary/aromatic N) is 1. The number of carboxylic acid groups (broad SMARTS) is 1. The maximum Gasteiger partial charge on any atom is 0.309 e. The van der Waals surface area contributed by atoms with Crippen molar-refractivity contribution in [2.75, 3.05) is 0 Å². The number of aliphatic carboxylic acids is 1. The molecule has 3 heteroatoms. The molecule has 40 heavy (non-hydrogen) atoms. The van der Waals surface area contributed by atoms with Crippen LogP contribution < -0.4 is 0 Å². The lowest BCUT2D eigenvalue weighted by atomic mass is 9.32. The number of carboxylic acids is 1. The molecule has 0 aromatic heterocycles. The van der Waals surface area contributed by atoms with Gasteiger partial charge in [0.15, 0.2) is 0 Å². The van der Waals surface area contributed by atoms with Gasteiger partial charge in [-0.2, -0.15) is 5.26 Å². The summed E-state index contributed by atoms with van der Waals surface area (Å²) in [7, 11) is 0. The van der Waals surface area contributed by atoms with Gasteiger partial charge >= 0.3 is 5.97 Å². The monoisotopic (exact) mass is 539 g/mol. The summed E-state index contributed by atoms with van der Waals surface area (Å²) in [5, 5.41) is 19.9. The fraction of sp³-hybridized carbons (Fsp3) is 0.676. The summed E-state index contributed by atoms with van der Waals surface area (Å²) in [6.45, 7) is 19.3. The molecule has 3 nitrogen and oxygen atoms in total. The summed E-state index contributed by atoms with van der Waals surface area (Å²) in [5.41, 5.74) is 4.74. The third-order valence-electron chi connectivity index (χ3n) is 14.4. The number of hydrogen-bond donors (Lipinski definition) is 1. The molecule has 0 amide bonds. The fourth-order valence-electron chi connectivity index (χ4n) is 12.3. The molecule has 4 saturated carbocycles. The zero-order valence-corrected chi connectivity index (χ0v) is 25.6. The number of allylic oxidation sites excluding steroid dienone is 3. The van der Waals surface area contributed by atoms with Crippen molar-refractivity contribution in [2.24, 2.45) is 56.7 Å². The van der Waals surface area contributed by atoms with Crippen LogP contribution in [-0.4, -0.2) is 11.1 Å². The van der Waals surface area contributed by atoms with E-state index >= 15 is 0 Å². The topological polar surface area (TPSA) is 61.1 Å². The zero-order valence-electron chi connectivity index (χ0n) is 25.6. The first-order valence-electron chi connectivity index (χ1n) is 15.9. The molecule has 214 valence electrons. The molecule has 9 atom stereocenters. The van der Waals surface area contributed by atoms with Crippen LogP contribution in [0.15, 0.2) is 42.5 Å². The Kier molecular flexibility index (Phi) is 6.14. The first-order valence-corrected chi connectivity index (χ1v) is 15.9. The zero-order chi connectivity index (χ0) is 28.9. The van der Waals surface area contributed by atoms with Crippen LogP contribution in [0.2, 0.25) is 0 Å². The second kappa shape index (κ2) is 8.83. The van der Waals surface area contributed by atoms with E-state index in [-0.39, 0.29) is 27.6 Å². The van der Waals surface area contributed by atoms with E-state index < -0.39 is 11.4 Å². The quantitative estimate of drug-likeness (QED) is 0.389. The van der Waals surface area contributed by atoms with E-state index in [1.54, 1.807) is 0 Å². The van der Waals surface area contributed by atoms with Crippen LogP contribution >= 0.6 is 0 Å². The predicted molar refractivity (Wildman–Crippen MR) is 161 cm³/mol. The van der Waals surface area contributed by atoms with Crippen molar-refractivity contribution in [3.63, 3.8) is 0 Å². The lowest BCUT2D eigenvalue weighted by Gasteiger charge is -2.72. The molecule has 4 fully saturated rings. The summed E-state index contributed by atoms with van der Waals surface area (Å²) in [6.07, 6.45) is 12.2. The van der Waals surface area contributed by atoms with Gasteiger partial charge in [0.05, 0.1) is 17.0 Å². The average Bonchev–Trinajstić information content (AvgIpc) is 3.30. The Morgan fingerprint density at radius 1 is 0.925 bits per heavy atom. The third-order valence-corrected chi connectivity index (χ3v) is 14.4. The van der Waals surface area contributed by atoms with Gasteiger partial charge < -0.3 is 5.11 Å². The molecule has 0 radical (unpaired) electrons. The van der Waals surface area contributed by atoms with Crippen LogP contribution in [0, 0.1) is 68.0 Å². The van der Waals surface area contributed by atoms with Crippen LogP contribution in [0.1, 0.15) is 110 Å². The van der Waals surface area contributed by atoms with Crippen LogP contribution in [0.4, 0.5) is 0 Å². The maximum absolute atomic E-state index is 12.9. The summed E-state index contributed by atoms with van der Waals surface area (Å²) in [5.74, 6) is 1.74. The third kappa shape index (κ3) is 3.38. The minimum atomic E-state index is -0.552. The number of hydrogen-bond acceptors (Lipinski definition) is 2. The molecule has 0 unspecified atom stereocenters. The number of rotatable bonds is 3. The molecule has 0 spiro atoms. The molecule has 5 aliphatic rings. The van der Waals surface area contributed by atoms with Crippen molar-refractivity contribution in [3.05, 3.63) is 53.6 Å². The Balaban J connectivity index is 1.38. The first-order chi connectivity index (χ1) is 18.8. The Morgan fingerprint density at radius 2 is 1.62 bits per heavy atom. The molecule has 1 N–H and O–H groups in total. The Bertz CT molecular complexity index is 1310. The van der Waals surface area contributed by atoms with E-state index in [2.05, 4.69) is 72.4 Å². The molecule has 0 saturated heterocycles. The second-order valence-electron chi connectivity index (χ2n) is 15.9. The predicted octanol–water partition coefficient (Wildman–Crippen LogP) is 9.29. The van der Waals surface area contributed by atoms with Crippen molar-refractivity contribution < 1.29 is 9.90 Å². The molecule has 6 rings (SSSR count). The summed E-state index contributed by atoms with van der Waals surface area (Å²) in [6, 6.07) is 10.5. The highest BCUT2D eigenvalue weighted by atomic mass is 16.4. The highest BCUT2D eigenvalue weighted by Gasteiger charge is 2.71. The molecule has 1 aromatic rings. The van der Waals surface area contributed by atoms with Gasteiger partial charge in [-0.3, -0.25) is 4.79 Å². The number of fused-ring (bicyclic) bond motifs is 7. The van der Waals surface area contributed by atoms with Gasteiger partial charge in [-0.15, -0.1) is 0 Å². The van der Waals surface area contributed by atoms with E-state index in [0.29, 0.717) is 23.7 Å². The summed E-state index contributed by atoms with van der Waals surface area (Å²) >= 11 is 0. The van der Waals surface area contributed by atoms with E-state index in [1.165, 1.54) is 36.0 Å². The Hall–Kier alpha value is -2.34. The van der Waals surface area contributed by atoms with E-state index in [9.17, 15) is 15.2 Å². The number of carbonyl (C=O) groups is 1. The molecule has 1 aromatic carbocycles. The molecule has 5 aliphatic carbocycles. The Labute approximate surface area is 242 Å². The molecule has 0 bridgehead atoms. The van der Waals surface area contributed by atoms with Gasteiger partial charge in [0.25, 0.3) is 0 Å². The lowest BCUT2D eigenvalue weighted by molar-refractivity contribution is -0.227. The van der Waals surface area contributed by atoms with Crippen molar-refractivity contribution in [2.45, 2.75) is 99.3 Å². The smallest absolute Gasteiger partial charge is 0.309 e. The highest BCUT2D eigenvalue weighted by molar-refractivity contribution is 5.76. The van der Waals surface area contributed by atoms with Crippen molar-refractivity contribution >= 4 is 11.5 Å². The summed E-state index contributed by atoms with van der Waals surface area (Å²) in [4.78, 5) is 12.9. The standard InChI is InChI=1S/C37H49NO2/c1-23(2)26-14-19-37(32(39)40)21-20-35(6)28(31(26)37)12-13-30-34(5)17-15-27(25-10-8-24(22-38)9-11-25)33(3,4)29(34)16-18-36(30,35)7/h8-11,15,26,28-31H,1,12-14,16-21H2,2-7H3,(H,39,40)/t26-,28+,29-,30+,31+,34-,35+,36+,37-/m0/s1. The van der Waals surface area contributed by atoms with Gasteiger partial charge in [-0.05, 0) is 139 Å². The van der Waals surface area contributed by atoms with Crippen molar-refractivity contribution in [3.8, 4) is 6.07 Å². The van der Waals surface area contributed by atoms with Gasteiger partial charge in [0, 0.05) is 0 Å². The van der Waals surface area contributed by atoms with Crippen LogP contribution in [0.5, 0.6) is 0 Å². The van der Waals surface area contributed by atoms with E-state index in [4.69, 9.17) is 0 Å². The van der Waals surface area contributed by atoms with Crippen LogP contribution in [0.3, 0.4) is 0 Å².